The number of anilines is 1. The van der Waals surface area contributed by atoms with Crippen LogP contribution in [0.3, 0.4) is 0 Å². The predicted octanol–water partition coefficient (Wildman–Crippen LogP) is 4.06. The molecule has 0 amide bonds. The molecule has 1 atom stereocenters. The highest BCUT2D eigenvalue weighted by Gasteiger charge is 2.26. The summed E-state index contributed by atoms with van der Waals surface area (Å²) in [7, 11) is -1.10. The van der Waals surface area contributed by atoms with E-state index < -0.39 is 10.8 Å². The van der Waals surface area contributed by atoms with Gasteiger partial charge in [0.05, 0.1) is 21.4 Å². The molecule has 6 rings (SSSR count). The molecule has 2 nitrogen and oxygen atoms in total. The molecular formula is C20H25NOS. The standard InChI is InChI=1S/C20H25NOS/c1-20(2,3)23(22)19-17-11-9-15-6-4-14(5-7-15)8-10-16(12-13-17)18(19)21/h4-7,12-13H,8-11,21H2,1-3H3. The van der Waals surface area contributed by atoms with E-state index in [1.165, 1.54) is 11.1 Å². The lowest BCUT2D eigenvalue weighted by molar-refractivity contribution is 0.647. The molecule has 0 aromatic heterocycles. The van der Waals surface area contributed by atoms with Crippen LogP contribution in [-0.2, 0) is 36.5 Å². The maximum atomic E-state index is 13.1. The Bertz CT molecular complexity index is 741. The van der Waals surface area contributed by atoms with Crippen LogP contribution >= 0.6 is 0 Å². The van der Waals surface area contributed by atoms with E-state index in [1.807, 2.05) is 20.8 Å². The van der Waals surface area contributed by atoms with Crippen molar-refractivity contribution in [2.75, 3.05) is 5.73 Å². The van der Waals surface area contributed by atoms with Gasteiger partial charge in [0.2, 0.25) is 0 Å². The second-order valence-corrected chi connectivity index (χ2v) is 9.49. The number of hydrogen-bond donors (Lipinski definition) is 1. The summed E-state index contributed by atoms with van der Waals surface area (Å²) in [5.74, 6) is 0. The quantitative estimate of drug-likeness (QED) is 0.803. The van der Waals surface area contributed by atoms with Crippen molar-refractivity contribution in [3.05, 3.63) is 58.7 Å². The first-order valence-corrected chi connectivity index (χ1v) is 9.41. The van der Waals surface area contributed by atoms with E-state index in [4.69, 9.17) is 5.73 Å². The van der Waals surface area contributed by atoms with Crippen molar-refractivity contribution < 1.29 is 4.21 Å². The lowest BCUT2D eigenvalue weighted by Gasteiger charge is -2.23. The van der Waals surface area contributed by atoms with Crippen LogP contribution in [0.5, 0.6) is 0 Å². The number of benzene rings is 2. The van der Waals surface area contributed by atoms with Crippen molar-refractivity contribution in [2.24, 2.45) is 0 Å². The minimum atomic E-state index is -1.10. The molecule has 2 aromatic rings. The van der Waals surface area contributed by atoms with Crippen LogP contribution in [0, 0.1) is 0 Å². The molecule has 1 unspecified atom stereocenters. The second-order valence-electron chi connectivity index (χ2n) is 7.32. The minimum Gasteiger partial charge on any atom is -0.398 e. The Hall–Kier alpha value is -1.61. The van der Waals surface area contributed by atoms with Crippen LogP contribution in [0.4, 0.5) is 5.69 Å². The van der Waals surface area contributed by atoms with Gasteiger partial charge < -0.3 is 5.73 Å². The topological polar surface area (TPSA) is 43.1 Å². The first kappa shape index (κ1) is 16.3. The molecule has 2 N–H and O–H groups in total. The van der Waals surface area contributed by atoms with E-state index in [1.54, 1.807) is 0 Å². The zero-order chi connectivity index (χ0) is 16.6. The lowest BCUT2D eigenvalue weighted by Crippen LogP contribution is -2.24. The highest BCUT2D eigenvalue weighted by Crippen LogP contribution is 2.33. The molecule has 0 fully saturated rings. The molecule has 0 spiro atoms. The summed E-state index contributed by atoms with van der Waals surface area (Å²) in [4.78, 5) is 0.866. The summed E-state index contributed by atoms with van der Waals surface area (Å²) < 4.78 is 12.8. The molecule has 0 radical (unpaired) electrons. The third-order valence-electron chi connectivity index (χ3n) is 4.50. The third kappa shape index (κ3) is 3.35. The molecule has 122 valence electrons. The van der Waals surface area contributed by atoms with Gasteiger partial charge in [-0.25, -0.2) is 0 Å². The Kier molecular flexibility index (Phi) is 4.33. The van der Waals surface area contributed by atoms with Crippen LogP contribution in [0.15, 0.2) is 41.3 Å². The molecule has 3 heteroatoms. The van der Waals surface area contributed by atoms with Gasteiger partial charge in [-0.15, -0.1) is 0 Å². The predicted molar refractivity (Wildman–Crippen MR) is 98.3 cm³/mol. The van der Waals surface area contributed by atoms with Gasteiger partial charge in [0.15, 0.2) is 0 Å². The highest BCUT2D eigenvalue weighted by atomic mass is 32.2. The molecule has 4 aliphatic carbocycles. The zero-order valence-electron chi connectivity index (χ0n) is 14.2. The molecule has 0 aliphatic heterocycles. The van der Waals surface area contributed by atoms with Gasteiger partial charge in [-0.1, -0.05) is 36.4 Å². The zero-order valence-corrected chi connectivity index (χ0v) is 15.0. The van der Waals surface area contributed by atoms with Gasteiger partial charge in [0.1, 0.15) is 0 Å². The van der Waals surface area contributed by atoms with Crippen molar-refractivity contribution in [2.45, 2.75) is 56.1 Å². The second kappa shape index (κ2) is 6.12. The third-order valence-corrected chi connectivity index (χ3v) is 6.46. The highest BCUT2D eigenvalue weighted by molar-refractivity contribution is 7.86. The Morgan fingerprint density at radius 1 is 0.826 bits per heavy atom. The van der Waals surface area contributed by atoms with Crippen LogP contribution in [-0.4, -0.2) is 8.96 Å². The average molecular weight is 327 g/mol. The first-order chi connectivity index (χ1) is 10.9. The minimum absolute atomic E-state index is 0.306. The van der Waals surface area contributed by atoms with Gasteiger partial charge in [-0.2, -0.15) is 0 Å². The van der Waals surface area contributed by atoms with Crippen molar-refractivity contribution >= 4 is 16.5 Å². The van der Waals surface area contributed by atoms with Gasteiger partial charge in [0.25, 0.3) is 0 Å². The fourth-order valence-corrected chi connectivity index (χ4v) is 4.41. The van der Waals surface area contributed by atoms with E-state index in [9.17, 15) is 4.21 Å². The van der Waals surface area contributed by atoms with Crippen molar-refractivity contribution in [3.8, 4) is 0 Å². The Labute approximate surface area is 141 Å². The summed E-state index contributed by atoms with van der Waals surface area (Å²) >= 11 is 0. The number of rotatable bonds is 1. The van der Waals surface area contributed by atoms with E-state index in [0.29, 0.717) is 0 Å². The van der Waals surface area contributed by atoms with E-state index >= 15 is 0 Å². The number of hydrogen-bond acceptors (Lipinski definition) is 2. The smallest absolute Gasteiger partial charge is 0.0657 e. The van der Waals surface area contributed by atoms with Crippen LogP contribution in [0.25, 0.3) is 0 Å². The Morgan fingerprint density at radius 3 is 1.83 bits per heavy atom. The van der Waals surface area contributed by atoms with Crippen molar-refractivity contribution in [3.63, 3.8) is 0 Å². The largest absolute Gasteiger partial charge is 0.398 e. The summed E-state index contributed by atoms with van der Waals surface area (Å²) in [6.07, 6.45) is 3.68. The Balaban J connectivity index is 2.10. The normalized spacial score (nSPS) is 16.0. The molecular weight excluding hydrogens is 302 g/mol. The van der Waals surface area contributed by atoms with Crippen molar-refractivity contribution in [1.29, 1.82) is 0 Å². The van der Waals surface area contributed by atoms with Gasteiger partial charge in [-0.3, -0.25) is 4.21 Å². The SMILES string of the molecule is CC(C)(C)S(=O)c1c2ccc(c1N)CCc1ccc(cc1)CC2. The molecule has 0 saturated heterocycles. The maximum absolute atomic E-state index is 13.1. The van der Waals surface area contributed by atoms with Gasteiger partial charge in [0, 0.05) is 4.75 Å². The monoisotopic (exact) mass is 327 g/mol. The fraction of sp³-hybridized carbons (Fsp3) is 0.400. The van der Waals surface area contributed by atoms with Crippen LogP contribution in [0.1, 0.15) is 43.0 Å². The number of nitrogen functional groups attached to an aromatic ring is 1. The molecule has 4 aliphatic rings. The number of aryl methyl sites for hydroxylation is 4. The molecule has 2 aromatic carbocycles. The molecule has 0 heterocycles. The molecule has 0 saturated carbocycles. The fourth-order valence-electron chi connectivity index (χ4n) is 3.06. The van der Waals surface area contributed by atoms with E-state index in [-0.39, 0.29) is 4.75 Å². The molecule has 23 heavy (non-hydrogen) atoms. The molecule has 4 bridgehead atoms. The van der Waals surface area contributed by atoms with E-state index in [2.05, 4.69) is 36.4 Å². The van der Waals surface area contributed by atoms with Crippen molar-refractivity contribution in [1.82, 2.24) is 0 Å². The summed E-state index contributed by atoms with van der Waals surface area (Å²) in [5, 5.41) is 0. The summed E-state index contributed by atoms with van der Waals surface area (Å²) in [6.45, 7) is 6.04. The maximum Gasteiger partial charge on any atom is 0.0657 e. The van der Waals surface area contributed by atoms with Gasteiger partial charge >= 0.3 is 0 Å². The van der Waals surface area contributed by atoms with Crippen LogP contribution < -0.4 is 5.73 Å². The van der Waals surface area contributed by atoms with Crippen LogP contribution in [0.2, 0.25) is 0 Å². The Morgan fingerprint density at radius 2 is 1.30 bits per heavy atom. The number of nitrogens with two attached hydrogens (primary N) is 1. The average Bonchev–Trinajstić information content (AvgIpc) is 2.49. The lowest BCUT2D eigenvalue weighted by atomic mass is 9.95. The first-order valence-electron chi connectivity index (χ1n) is 8.26. The summed E-state index contributed by atoms with van der Waals surface area (Å²) in [5.41, 5.74) is 12.1. The summed E-state index contributed by atoms with van der Waals surface area (Å²) in [6, 6.07) is 13.1. The van der Waals surface area contributed by atoms with E-state index in [0.717, 1.165) is 47.4 Å². The van der Waals surface area contributed by atoms with Gasteiger partial charge in [-0.05, 0) is 68.7 Å².